The molecule has 19 heavy (non-hydrogen) atoms. The van der Waals surface area contributed by atoms with Gasteiger partial charge in [-0.15, -0.1) is 0 Å². The van der Waals surface area contributed by atoms with E-state index in [1.165, 1.54) is 0 Å². The predicted molar refractivity (Wildman–Crippen MR) is 75.6 cm³/mol. The van der Waals surface area contributed by atoms with E-state index in [4.69, 9.17) is 5.73 Å². The molecule has 5 nitrogen and oxygen atoms in total. The van der Waals surface area contributed by atoms with E-state index >= 15 is 0 Å². The summed E-state index contributed by atoms with van der Waals surface area (Å²) in [6.07, 6.45) is 0.631. The SMILES string of the molecule is CC(C)(C)CC(CN)C(=O)N[C@H](C(=O)O)C(C)(C)C. The summed E-state index contributed by atoms with van der Waals surface area (Å²) in [4.78, 5) is 23.4. The van der Waals surface area contributed by atoms with Crippen LogP contribution in [0.1, 0.15) is 48.0 Å². The van der Waals surface area contributed by atoms with E-state index in [0.717, 1.165) is 0 Å². The summed E-state index contributed by atoms with van der Waals surface area (Å²) in [6.45, 7) is 11.7. The normalized spacial score (nSPS) is 15.7. The summed E-state index contributed by atoms with van der Waals surface area (Å²) in [5.74, 6) is -1.66. The van der Waals surface area contributed by atoms with E-state index in [-0.39, 0.29) is 23.8 Å². The molecule has 0 aliphatic rings. The van der Waals surface area contributed by atoms with Gasteiger partial charge in [-0.2, -0.15) is 0 Å². The van der Waals surface area contributed by atoms with Crippen LogP contribution in [0.3, 0.4) is 0 Å². The fraction of sp³-hybridized carbons (Fsp3) is 0.857. The molecule has 2 atom stereocenters. The fourth-order valence-corrected chi connectivity index (χ4v) is 1.93. The molecule has 0 heterocycles. The van der Waals surface area contributed by atoms with Crippen LogP contribution in [-0.2, 0) is 9.59 Å². The van der Waals surface area contributed by atoms with Crippen LogP contribution >= 0.6 is 0 Å². The number of rotatable bonds is 5. The van der Waals surface area contributed by atoms with Gasteiger partial charge in [-0.25, -0.2) is 4.79 Å². The third kappa shape index (κ3) is 6.57. The molecule has 0 rings (SSSR count). The number of hydrogen-bond donors (Lipinski definition) is 3. The molecule has 0 aliphatic heterocycles. The van der Waals surface area contributed by atoms with Crippen LogP contribution in [-0.4, -0.2) is 29.6 Å². The van der Waals surface area contributed by atoms with Gasteiger partial charge in [0.1, 0.15) is 6.04 Å². The Balaban J connectivity index is 4.85. The van der Waals surface area contributed by atoms with Crippen molar-refractivity contribution in [3.8, 4) is 0 Å². The average molecular weight is 272 g/mol. The zero-order valence-corrected chi connectivity index (χ0v) is 12.9. The van der Waals surface area contributed by atoms with Gasteiger partial charge in [-0.1, -0.05) is 41.5 Å². The van der Waals surface area contributed by atoms with Crippen molar-refractivity contribution < 1.29 is 14.7 Å². The van der Waals surface area contributed by atoms with Crippen molar-refractivity contribution in [3.63, 3.8) is 0 Å². The first kappa shape index (κ1) is 17.9. The monoisotopic (exact) mass is 272 g/mol. The highest BCUT2D eigenvalue weighted by Crippen LogP contribution is 2.25. The second-order valence-corrected chi connectivity index (χ2v) is 7.34. The quantitative estimate of drug-likeness (QED) is 0.709. The van der Waals surface area contributed by atoms with Gasteiger partial charge in [-0.05, 0) is 17.3 Å². The molecule has 0 spiro atoms. The van der Waals surface area contributed by atoms with Crippen molar-refractivity contribution in [2.45, 2.75) is 54.0 Å². The van der Waals surface area contributed by atoms with Crippen molar-refractivity contribution in [1.82, 2.24) is 5.32 Å². The number of carbonyl (C=O) groups excluding carboxylic acids is 1. The van der Waals surface area contributed by atoms with Crippen molar-refractivity contribution in [3.05, 3.63) is 0 Å². The molecular formula is C14H28N2O3. The molecule has 0 aromatic heterocycles. The Labute approximate surface area is 115 Å². The first-order valence-electron chi connectivity index (χ1n) is 6.61. The Morgan fingerprint density at radius 2 is 1.63 bits per heavy atom. The molecule has 5 heteroatoms. The first-order chi connectivity index (χ1) is 8.38. The topological polar surface area (TPSA) is 92.4 Å². The van der Waals surface area contributed by atoms with E-state index in [0.29, 0.717) is 6.42 Å². The second kappa shape index (κ2) is 6.37. The lowest BCUT2D eigenvalue weighted by atomic mass is 9.83. The van der Waals surface area contributed by atoms with Crippen molar-refractivity contribution in [1.29, 1.82) is 0 Å². The summed E-state index contributed by atoms with van der Waals surface area (Å²) in [5.41, 5.74) is 5.07. The van der Waals surface area contributed by atoms with Gasteiger partial charge in [0.05, 0.1) is 5.92 Å². The van der Waals surface area contributed by atoms with Crippen LogP contribution in [0.5, 0.6) is 0 Å². The number of carboxylic acids is 1. The molecule has 0 fully saturated rings. The minimum absolute atomic E-state index is 0.0260. The zero-order chi connectivity index (χ0) is 15.4. The summed E-state index contributed by atoms with van der Waals surface area (Å²) < 4.78 is 0. The van der Waals surface area contributed by atoms with Crippen molar-refractivity contribution in [2.24, 2.45) is 22.5 Å². The summed E-state index contributed by atoms with van der Waals surface area (Å²) in [7, 11) is 0. The minimum atomic E-state index is -1.02. The smallest absolute Gasteiger partial charge is 0.326 e. The Kier molecular flexibility index (Phi) is 6.00. The van der Waals surface area contributed by atoms with Gasteiger partial charge >= 0.3 is 5.97 Å². The highest BCUT2D eigenvalue weighted by atomic mass is 16.4. The van der Waals surface area contributed by atoms with E-state index in [9.17, 15) is 14.7 Å². The number of amides is 1. The van der Waals surface area contributed by atoms with E-state index in [2.05, 4.69) is 5.32 Å². The molecule has 0 saturated carbocycles. The number of carbonyl (C=O) groups is 2. The first-order valence-corrected chi connectivity index (χ1v) is 6.61. The van der Waals surface area contributed by atoms with Gasteiger partial charge in [0.2, 0.25) is 5.91 Å². The number of aliphatic carboxylic acids is 1. The van der Waals surface area contributed by atoms with Crippen LogP contribution < -0.4 is 11.1 Å². The van der Waals surface area contributed by atoms with Crippen molar-refractivity contribution >= 4 is 11.9 Å². The largest absolute Gasteiger partial charge is 0.480 e. The molecule has 0 bridgehead atoms. The second-order valence-electron chi connectivity index (χ2n) is 7.34. The molecule has 0 aromatic carbocycles. The van der Waals surface area contributed by atoms with Gasteiger partial charge in [0.25, 0.3) is 0 Å². The third-order valence-corrected chi connectivity index (χ3v) is 2.91. The highest BCUT2D eigenvalue weighted by molar-refractivity contribution is 5.85. The standard InChI is InChI=1S/C14H28N2O3/c1-13(2,3)7-9(8-15)11(17)16-10(12(18)19)14(4,5)6/h9-10H,7-8,15H2,1-6H3,(H,16,17)(H,18,19)/t9?,10-/m1/s1. The molecule has 112 valence electrons. The van der Waals surface area contributed by atoms with Gasteiger partial charge in [0, 0.05) is 6.54 Å². The highest BCUT2D eigenvalue weighted by Gasteiger charge is 2.34. The summed E-state index contributed by atoms with van der Waals surface area (Å²) in [5, 5.41) is 11.8. The van der Waals surface area contributed by atoms with Crippen LogP contribution in [0, 0.1) is 16.7 Å². The molecule has 0 aromatic rings. The molecule has 1 amide bonds. The Bertz CT molecular complexity index is 327. The van der Waals surface area contributed by atoms with Gasteiger partial charge in [-0.3, -0.25) is 4.79 Å². The van der Waals surface area contributed by atoms with Crippen LogP contribution in [0.25, 0.3) is 0 Å². The van der Waals surface area contributed by atoms with Gasteiger partial charge in [0.15, 0.2) is 0 Å². The van der Waals surface area contributed by atoms with Gasteiger partial charge < -0.3 is 16.2 Å². The average Bonchev–Trinajstić information content (AvgIpc) is 2.18. The fourth-order valence-electron chi connectivity index (χ4n) is 1.93. The Morgan fingerprint density at radius 3 is 1.89 bits per heavy atom. The maximum absolute atomic E-state index is 12.2. The maximum atomic E-state index is 12.2. The maximum Gasteiger partial charge on any atom is 0.326 e. The lowest BCUT2D eigenvalue weighted by Crippen LogP contribution is -2.52. The number of carboxylic acid groups (broad SMARTS) is 1. The summed E-state index contributed by atoms with van der Waals surface area (Å²) in [6, 6.07) is -0.908. The molecule has 1 unspecified atom stereocenters. The number of nitrogens with two attached hydrogens (primary N) is 1. The molecule has 4 N–H and O–H groups in total. The van der Waals surface area contributed by atoms with E-state index in [1.807, 2.05) is 20.8 Å². The molecule has 0 aliphatic carbocycles. The van der Waals surface area contributed by atoms with E-state index in [1.54, 1.807) is 20.8 Å². The van der Waals surface area contributed by atoms with Crippen LogP contribution in [0.2, 0.25) is 0 Å². The Hall–Kier alpha value is -1.10. The lowest BCUT2D eigenvalue weighted by Gasteiger charge is -2.30. The van der Waals surface area contributed by atoms with Crippen molar-refractivity contribution in [2.75, 3.05) is 6.54 Å². The predicted octanol–water partition coefficient (Wildman–Crippen LogP) is 1.61. The minimum Gasteiger partial charge on any atom is -0.480 e. The van der Waals surface area contributed by atoms with E-state index < -0.39 is 17.4 Å². The third-order valence-electron chi connectivity index (χ3n) is 2.91. The lowest BCUT2D eigenvalue weighted by molar-refractivity contribution is -0.145. The van der Waals surface area contributed by atoms with Crippen LogP contribution in [0.4, 0.5) is 0 Å². The van der Waals surface area contributed by atoms with Crippen LogP contribution in [0.15, 0.2) is 0 Å². The zero-order valence-electron chi connectivity index (χ0n) is 12.9. The molecular weight excluding hydrogens is 244 g/mol. The number of hydrogen-bond acceptors (Lipinski definition) is 3. The number of nitrogens with one attached hydrogen (secondary N) is 1. The summed E-state index contributed by atoms with van der Waals surface area (Å²) >= 11 is 0. The Morgan fingerprint density at radius 1 is 1.16 bits per heavy atom. The molecule has 0 radical (unpaired) electrons. The molecule has 0 saturated heterocycles.